The van der Waals surface area contributed by atoms with Crippen molar-refractivity contribution in [1.82, 2.24) is 0 Å². The Morgan fingerprint density at radius 2 is 0.696 bits per heavy atom. The van der Waals surface area contributed by atoms with Crippen LogP contribution in [0.15, 0.2) is 0 Å². The number of hydrogen-bond donors (Lipinski definition) is 1. The molecule has 0 aromatic rings. The van der Waals surface area contributed by atoms with Crippen LogP contribution in [0.25, 0.3) is 0 Å². The Balaban J connectivity index is 4.09. The zero-order valence-corrected chi connectivity index (χ0v) is 37.8. The molecule has 0 fully saturated rings. The third-order valence-corrected chi connectivity index (χ3v) is 11.8. The van der Waals surface area contributed by atoms with Crippen molar-refractivity contribution >= 4 is 22.1 Å². The fourth-order valence-corrected chi connectivity index (χ4v) is 7.71. The molecule has 9 nitrogen and oxygen atoms in total. The Morgan fingerprint density at radius 1 is 0.429 bits per heavy atom. The molecule has 0 heterocycles. The number of unbranched alkanes of at least 4 members (excludes halogenated alkanes) is 30. The predicted octanol–water partition coefficient (Wildman–Crippen LogP) is 13.7. The third-order valence-electron chi connectivity index (χ3n) is 10.8. The fourth-order valence-electron chi connectivity index (χ4n) is 7.06. The molecule has 0 aliphatic rings. The minimum absolute atomic E-state index is 0.304. The van der Waals surface area contributed by atoms with Crippen LogP contribution < -0.4 is 0 Å². The SMILES string of the molecule is CCCCCCCCCCCCCCCCCCOC(CC)OC(=O)CC(C(=O)OC(CC)OCCCCCCCCCCCCCCCCCC)S(=O)(=O)O. The van der Waals surface area contributed by atoms with Gasteiger partial charge in [0, 0.05) is 12.8 Å². The molecule has 56 heavy (non-hydrogen) atoms. The first-order valence-electron chi connectivity index (χ1n) is 23.8. The van der Waals surface area contributed by atoms with Gasteiger partial charge in [0.05, 0.1) is 19.6 Å². The highest BCUT2D eigenvalue weighted by molar-refractivity contribution is 7.87. The van der Waals surface area contributed by atoms with Crippen LogP contribution in [0.3, 0.4) is 0 Å². The minimum Gasteiger partial charge on any atom is -0.436 e. The summed E-state index contributed by atoms with van der Waals surface area (Å²) in [6, 6.07) is 0. The van der Waals surface area contributed by atoms with E-state index in [0.29, 0.717) is 26.1 Å². The van der Waals surface area contributed by atoms with Crippen LogP contribution >= 0.6 is 0 Å². The molecule has 0 saturated carbocycles. The van der Waals surface area contributed by atoms with E-state index < -0.39 is 46.3 Å². The average molecular weight is 819 g/mol. The van der Waals surface area contributed by atoms with Crippen molar-refractivity contribution < 1.29 is 41.5 Å². The molecule has 0 aromatic heterocycles. The summed E-state index contributed by atoms with van der Waals surface area (Å²) in [5.41, 5.74) is 0. The highest BCUT2D eigenvalue weighted by Gasteiger charge is 2.37. The van der Waals surface area contributed by atoms with Gasteiger partial charge in [-0.05, 0) is 12.8 Å². The molecule has 0 saturated heterocycles. The van der Waals surface area contributed by atoms with Gasteiger partial charge in [0.15, 0.2) is 5.25 Å². The first kappa shape index (κ1) is 54.8. The highest BCUT2D eigenvalue weighted by Crippen LogP contribution is 2.18. The van der Waals surface area contributed by atoms with Gasteiger partial charge >= 0.3 is 11.9 Å². The van der Waals surface area contributed by atoms with E-state index in [1.54, 1.807) is 13.8 Å². The van der Waals surface area contributed by atoms with Gasteiger partial charge in [0.25, 0.3) is 10.1 Å². The molecule has 0 aliphatic carbocycles. The van der Waals surface area contributed by atoms with E-state index in [9.17, 15) is 22.6 Å². The Hall–Kier alpha value is -1.23. The molecule has 1 N–H and O–H groups in total. The van der Waals surface area contributed by atoms with Crippen molar-refractivity contribution in [3.05, 3.63) is 0 Å². The first-order chi connectivity index (χ1) is 27.2. The molecule has 0 radical (unpaired) electrons. The summed E-state index contributed by atoms with van der Waals surface area (Å²) in [6.07, 6.45) is 38.7. The van der Waals surface area contributed by atoms with Crippen LogP contribution in [0.4, 0.5) is 0 Å². The summed E-state index contributed by atoms with van der Waals surface area (Å²) in [7, 11) is -4.93. The summed E-state index contributed by atoms with van der Waals surface area (Å²) in [5.74, 6) is -2.18. The third kappa shape index (κ3) is 35.9. The van der Waals surface area contributed by atoms with E-state index in [4.69, 9.17) is 18.9 Å². The number of carbonyl (C=O) groups is 2. The van der Waals surface area contributed by atoms with Crippen molar-refractivity contribution in [2.45, 2.75) is 270 Å². The lowest BCUT2D eigenvalue weighted by Crippen LogP contribution is -2.38. The lowest BCUT2D eigenvalue weighted by atomic mass is 10.0. The second-order valence-corrected chi connectivity index (χ2v) is 17.8. The molecule has 0 bridgehead atoms. The second-order valence-electron chi connectivity index (χ2n) is 16.2. The van der Waals surface area contributed by atoms with Gasteiger partial charge in [-0.25, -0.2) is 0 Å². The van der Waals surface area contributed by atoms with Gasteiger partial charge < -0.3 is 18.9 Å². The van der Waals surface area contributed by atoms with Crippen LogP contribution in [0.5, 0.6) is 0 Å². The van der Waals surface area contributed by atoms with Crippen LogP contribution in [-0.4, -0.2) is 56.0 Å². The van der Waals surface area contributed by atoms with Crippen molar-refractivity contribution in [3.63, 3.8) is 0 Å². The Kier molecular flexibility index (Phi) is 39.7. The number of esters is 2. The largest absolute Gasteiger partial charge is 0.436 e. The van der Waals surface area contributed by atoms with E-state index in [-0.39, 0.29) is 0 Å². The second kappa shape index (κ2) is 40.5. The van der Waals surface area contributed by atoms with Crippen LogP contribution in [0.1, 0.15) is 252 Å². The molecule has 0 aromatic carbocycles. The van der Waals surface area contributed by atoms with Crippen LogP contribution in [-0.2, 0) is 38.7 Å². The topological polar surface area (TPSA) is 125 Å². The monoisotopic (exact) mass is 819 g/mol. The number of hydrogen-bond acceptors (Lipinski definition) is 8. The van der Waals surface area contributed by atoms with Gasteiger partial charge in [0.2, 0.25) is 12.6 Å². The molecular weight excluding hydrogens is 729 g/mol. The average Bonchev–Trinajstić information content (AvgIpc) is 3.17. The summed E-state index contributed by atoms with van der Waals surface area (Å²) in [5, 5.41) is -2.10. The lowest BCUT2D eigenvalue weighted by molar-refractivity contribution is -0.186. The van der Waals surface area contributed by atoms with Crippen molar-refractivity contribution in [2.24, 2.45) is 0 Å². The zero-order valence-electron chi connectivity index (χ0n) is 37.0. The fraction of sp³-hybridized carbons (Fsp3) is 0.957. The normalized spacial score (nSPS) is 13.4. The highest BCUT2D eigenvalue weighted by atomic mass is 32.2. The van der Waals surface area contributed by atoms with Gasteiger partial charge in [-0.2, -0.15) is 8.42 Å². The molecular formula is C46H90O9S. The van der Waals surface area contributed by atoms with Crippen molar-refractivity contribution in [2.75, 3.05) is 13.2 Å². The van der Waals surface area contributed by atoms with Crippen LogP contribution in [0.2, 0.25) is 0 Å². The lowest BCUT2D eigenvalue weighted by Gasteiger charge is -2.21. The summed E-state index contributed by atoms with van der Waals surface area (Å²) < 4.78 is 56.0. The maximum atomic E-state index is 12.8. The molecule has 3 unspecified atom stereocenters. The molecule has 334 valence electrons. The molecule has 0 spiro atoms. The van der Waals surface area contributed by atoms with Crippen molar-refractivity contribution in [3.8, 4) is 0 Å². The van der Waals surface area contributed by atoms with Gasteiger partial charge in [-0.15, -0.1) is 0 Å². The quantitative estimate of drug-likeness (QED) is 0.0277. The first-order valence-corrected chi connectivity index (χ1v) is 25.3. The Labute approximate surface area is 346 Å². The van der Waals surface area contributed by atoms with E-state index in [1.807, 2.05) is 0 Å². The zero-order chi connectivity index (χ0) is 41.4. The van der Waals surface area contributed by atoms with Crippen LogP contribution in [0, 0.1) is 0 Å². The van der Waals surface area contributed by atoms with Gasteiger partial charge in [-0.1, -0.05) is 220 Å². The van der Waals surface area contributed by atoms with E-state index in [0.717, 1.165) is 38.5 Å². The number of carbonyl (C=O) groups excluding carboxylic acids is 2. The minimum atomic E-state index is -4.93. The summed E-state index contributed by atoms with van der Waals surface area (Å²) >= 11 is 0. The molecule has 0 rings (SSSR count). The van der Waals surface area contributed by atoms with Gasteiger partial charge in [-0.3, -0.25) is 14.1 Å². The van der Waals surface area contributed by atoms with Gasteiger partial charge in [0.1, 0.15) is 0 Å². The summed E-state index contributed by atoms with van der Waals surface area (Å²) in [6.45, 7) is 8.86. The predicted molar refractivity (Wildman–Crippen MR) is 231 cm³/mol. The molecule has 0 aliphatic heterocycles. The van der Waals surface area contributed by atoms with Crippen molar-refractivity contribution in [1.29, 1.82) is 0 Å². The van der Waals surface area contributed by atoms with E-state index >= 15 is 0 Å². The standard InChI is InChI=1S/C46H90O9S/c1-5-9-11-13-15-17-19-21-23-25-27-29-31-33-35-37-39-52-44(7-3)54-43(47)41-42(56(49,50)51)46(48)55-45(8-4)53-40-38-36-34-32-30-28-26-24-22-20-18-16-14-12-10-6-2/h42,44-45H,5-41H2,1-4H3,(H,49,50,51). The molecule has 3 atom stereocenters. The number of ether oxygens (including phenoxy) is 4. The summed E-state index contributed by atoms with van der Waals surface area (Å²) in [4.78, 5) is 25.4. The molecule has 0 amide bonds. The van der Waals surface area contributed by atoms with E-state index in [1.165, 1.54) is 167 Å². The maximum absolute atomic E-state index is 12.8. The molecule has 10 heteroatoms. The van der Waals surface area contributed by atoms with E-state index in [2.05, 4.69) is 13.8 Å². The Morgan fingerprint density at radius 3 is 0.964 bits per heavy atom. The number of rotatable bonds is 44. The Bertz CT molecular complexity index is 974. The maximum Gasteiger partial charge on any atom is 0.329 e. The smallest absolute Gasteiger partial charge is 0.329 e.